The molecule has 0 bridgehead atoms. The fraction of sp³-hybridized carbons (Fsp3) is 0.353. The zero-order valence-electron chi connectivity index (χ0n) is 13.3. The molecule has 1 saturated heterocycles. The first-order valence-electron chi connectivity index (χ1n) is 8.03. The number of aliphatic carboxylic acids is 1. The second-order valence-corrected chi connectivity index (χ2v) is 6.75. The van der Waals surface area contributed by atoms with Gasteiger partial charge in [0.25, 0.3) is 5.91 Å². The Morgan fingerprint density at radius 2 is 2.04 bits per heavy atom. The van der Waals surface area contributed by atoms with E-state index in [1.54, 1.807) is 5.38 Å². The van der Waals surface area contributed by atoms with Gasteiger partial charge < -0.3 is 19.5 Å². The molecule has 8 heteroatoms. The standard InChI is InChI=1S/C17H16N2O5S/c20-16(19-5-1-2-12(19)17(21)22)11-9-25-15(18-11)10-3-4-13-14(8-10)24-7-6-23-13/h3-4,8-9,12H,1-2,5-7H2,(H,21,22). The number of aromatic nitrogens is 1. The number of carbonyl (C=O) groups is 2. The number of carboxylic acids is 1. The topological polar surface area (TPSA) is 89.0 Å². The van der Waals surface area contributed by atoms with Gasteiger partial charge in [0.1, 0.15) is 30.0 Å². The van der Waals surface area contributed by atoms with Crippen LogP contribution in [0, 0.1) is 0 Å². The van der Waals surface area contributed by atoms with Crippen LogP contribution in [0.4, 0.5) is 0 Å². The molecule has 1 atom stereocenters. The van der Waals surface area contributed by atoms with E-state index in [1.165, 1.54) is 16.2 Å². The zero-order valence-corrected chi connectivity index (χ0v) is 14.1. The molecule has 2 aliphatic heterocycles. The normalized spacial score (nSPS) is 19.0. The maximum atomic E-state index is 12.6. The number of hydrogen-bond donors (Lipinski definition) is 1. The Kier molecular flexibility index (Phi) is 4.04. The fourth-order valence-corrected chi connectivity index (χ4v) is 3.89. The van der Waals surface area contributed by atoms with Gasteiger partial charge >= 0.3 is 5.97 Å². The summed E-state index contributed by atoms with van der Waals surface area (Å²) >= 11 is 1.35. The molecule has 3 heterocycles. The summed E-state index contributed by atoms with van der Waals surface area (Å²) in [5, 5.41) is 11.6. The number of carboxylic acid groups (broad SMARTS) is 1. The lowest BCUT2D eigenvalue weighted by atomic mass is 10.2. The van der Waals surface area contributed by atoms with Crippen LogP contribution in [0.5, 0.6) is 11.5 Å². The van der Waals surface area contributed by atoms with Gasteiger partial charge in [-0.3, -0.25) is 4.79 Å². The van der Waals surface area contributed by atoms with Crippen molar-refractivity contribution < 1.29 is 24.2 Å². The van der Waals surface area contributed by atoms with E-state index < -0.39 is 12.0 Å². The summed E-state index contributed by atoms with van der Waals surface area (Å²) in [6.07, 6.45) is 1.18. The summed E-state index contributed by atoms with van der Waals surface area (Å²) in [6.45, 7) is 1.49. The average Bonchev–Trinajstić information content (AvgIpc) is 3.30. The lowest BCUT2D eigenvalue weighted by molar-refractivity contribution is -0.141. The van der Waals surface area contributed by atoms with Crippen LogP contribution < -0.4 is 9.47 Å². The van der Waals surface area contributed by atoms with E-state index in [0.29, 0.717) is 49.1 Å². The number of nitrogens with zero attached hydrogens (tertiary/aromatic N) is 2. The molecule has 1 amide bonds. The third-order valence-electron chi connectivity index (χ3n) is 4.31. The van der Waals surface area contributed by atoms with Crippen LogP contribution in [0.25, 0.3) is 10.6 Å². The second-order valence-electron chi connectivity index (χ2n) is 5.89. The predicted octanol–water partition coefficient (Wildman–Crippen LogP) is 2.27. The molecule has 0 saturated carbocycles. The van der Waals surface area contributed by atoms with Crippen molar-refractivity contribution in [3.8, 4) is 22.1 Å². The highest BCUT2D eigenvalue weighted by Gasteiger charge is 2.35. The van der Waals surface area contributed by atoms with Crippen molar-refractivity contribution in [3.05, 3.63) is 29.3 Å². The number of hydrogen-bond acceptors (Lipinski definition) is 6. The highest BCUT2D eigenvalue weighted by Crippen LogP contribution is 2.35. The van der Waals surface area contributed by atoms with E-state index in [9.17, 15) is 14.7 Å². The van der Waals surface area contributed by atoms with Crippen molar-refractivity contribution in [1.29, 1.82) is 0 Å². The molecule has 0 radical (unpaired) electrons. The summed E-state index contributed by atoms with van der Waals surface area (Å²) in [7, 11) is 0. The number of carbonyl (C=O) groups excluding carboxylic acids is 1. The van der Waals surface area contributed by atoms with Gasteiger partial charge in [0, 0.05) is 17.5 Å². The van der Waals surface area contributed by atoms with Crippen molar-refractivity contribution in [3.63, 3.8) is 0 Å². The summed E-state index contributed by atoms with van der Waals surface area (Å²) in [6, 6.07) is 4.79. The van der Waals surface area contributed by atoms with Crippen LogP contribution in [0.15, 0.2) is 23.6 Å². The first-order chi connectivity index (χ1) is 12.1. The Morgan fingerprint density at radius 1 is 1.24 bits per heavy atom. The van der Waals surface area contributed by atoms with E-state index in [4.69, 9.17) is 9.47 Å². The van der Waals surface area contributed by atoms with Crippen LogP contribution in [-0.2, 0) is 4.79 Å². The molecule has 25 heavy (non-hydrogen) atoms. The van der Waals surface area contributed by atoms with E-state index >= 15 is 0 Å². The van der Waals surface area contributed by atoms with Gasteiger partial charge in [0.15, 0.2) is 11.5 Å². The molecular formula is C17H16N2O5S. The number of ether oxygens (including phenoxy) is 2. The molecule has 2 aromatic rings. The Labute approximate surface area is 147 Å². The van der Waals surface area contributed by atoms with Gasteiger partial charge in [-0.1, -0.05) is 0 Å². The molecule has 1 aromatic carbocycles. The Balaban J connectivity index is 1.58. The third kappa shape index (κ3) is 2.93. The largest absolute Gasteiger partial charge is 0.486 e. The van der Waals surface area contributed by atoms with Crippen LogP contribution in [0.2, 0.25) is 0 Å². The van der Waals surface area contributed by atoms with Crippen LogP contribution in [-0.4, -0.2) is 52.7 Å². The Morgan fingerprint density at radius 3 is 2.84 bits per heavy atom. The first-order valence-corrected chi connectivity index (χ1v) is 8.91. The highest BCUT2D eigenvalue weighted by molar-refractivity contribution is 7.13. The Hall–Kier alpha value is -2.61. The molecule has 4 rings (SSSR count). The van der Waals surface area contributed by atoms with E-state index in [1.807, 2.05) is 18.2 Å². The molecule has 0 spiro atoms. The van der Waals surface area contributed by atoms with Crippen molar-refractivity contribution >= 4 is 23.2 Å². The number of likely N-dealkylation sites (tertiary alicyclic amines) is 1. The number of rotatable bonds is 3. The predicted molar refractivity (Wildman–Crippen MR) is 90.2 cm³/mol. The lowest BCUT2D eigenvalue weighted by Crippen LogP contribution is -2.40. The van der Waals surface area contributed by atoms with Crippen LogP contribution in [0.3, 0.4) is 0 Å². The number of amides is 1. The summed E-state index contributed by atoms with van der Waals surface area (Å²) in [5.41, 5.74) is 1.12. The highest BCUT2D eigenvalue weighted by atomic mass is 32.1. The molecule has 1 aromatic heterocycles. The fourth-order valence-electron chi connectivity index (χ4n) is 3.09. The monoisotopic (exact) mass is 360 g/mol. The van der Waals surface area contributed by atoms with Crippen molar-refractivity contribution in [1.82, 2.24) is 9.88 Å². The van der Waals surface area contributed by atoms with Crippen molar-refractivity contribution in [2.75, 3.05) is 19.8 Å². The van der Waals surface area contributed by atoms with Crippen LogP contribution >= 0.6 is 11.3 Å². The quantitative estimate of drug-likeness (QED) is 0.903. The number of thiazole rings is 1. The number of benzene rings is 1. The minimum Gasteiger partial charge on any atom is -0.486 e. The second kappa shape index (κ2) is 6.36. The SMILES string of the molecule is O=C(O)C1CCCN1C(=O)c1csc(-c2ccc3c(c2)OCCO3)n1. The van der Waals surface area contributed by atoms with Gasteiger partial charge in [0.05, 0.1) is 0 Å². The smallest absolute Gasteiger partial charge is 0.326 e. The van der Waals surface area contributed by atoms with Gasteiger partial charge in [-0.2, -0.15) is 0 Å². The van der Waals surface area contributed by atoms with E-state index in [0.717, 1.165) is 5.56 Å². The van der Waals surface area contributed by atoms with Crippen molar-refractivity contribution in [2.24, 2.45) is 0 Å². The zero-order chi connectivity index (χ0) is 17.4. The molecule has 130 valence electrons. The maximum Gasteiger partial charge on any atom is 0.326 e. The van der Waals surface area contributed by atoms with Gasteiger partial charge in [-0.15, -0.1) is 11.3 Å². The Bertz CT molecular complexity index is 834. The van der Waals surface area contributed by atoms with Gasteiger partial charge in [0.2, 0.25) is 0 Å². The number of fused-ring (bicyclic) bond motifs is 1. The maximum absolute atomic E-state index is 12.6. The molecular weight excluding hydrogens is 344 g/mol. The van der Waals surface area contributed by atoms with Gasteiger partial charge in [-0.25, -0.2) is 9.78 Å². The van der Waals surface area contributed by atoms with E-state index in [-0.39, 0.29) is 11.6 Å². The lowest BCUT2D eigenvalue weighted by Gasteiger charge is -2.20. The molecule has 1 fully saturated rings. The molecule has 1 N–H and O–H groups in total. The van der Waals surface area contributed by atoms with Crippen LogP contribution in [0.1, 0.15) is 23.3 Å². The molecule has 2 aliphatic rings. The molecule has 7 nitrogen and oxygen atoms in total. The minimum atomic E-state index is -0.965. The van der Waals surface area contributed by atoms with Crippen molar-refractivity contribution in [2.45, 2.75) is 18.9 Å². The first kappa shape index (κ1) is 15.9. The average molecular weight is 360 g/mol. The van der Waals surface area contributed by atoms with E-state index in [2.05, 4.69) is 4.98 Å². The molecule has 1 unspecified atom stereocenters. The van der Waals surface area contributed by atoms with Gasteiger partial charge in [-0.05, 0) is 31.0 Å². The summed E-state index contributed by atoms with van der Waals surface area (Å²) < 4.78 is 11.1. The third-order valence-corrected chi connectivity index (χ3v) is 5.20. The summed E-state index contributed by atoms with van der Waals surface area (Å²) in [4.78, 5) is 29.7. The summed E-state index contributed by atoms with van der Waals surface area (Å²) in [5.74, 6) is 0.0691. The minimum absolute atomic E-state index is 0.281. The molecule has 0 aliphatic carbocycles.